The molecule has 12 rings (SSSR count). The fourth-order valence-electron chi connectivity index (χ4n) is 8.99. The standard InChI is InChI=1S/C58H37N5/c1-5-16-38(17-6-1)43-22-15-23-45(36-43)58-61-56(41-20-9-3-10-21-41)60-57(62-58)42-30-28-39(29-31-42)44-32-33-48-51-35-34-50-47-26-13-14-27-49(47)53(40-18-7-2-8-19-40)59-54(50)55(51)63(52(48)37-44)46-24-11-4-12-25-46/h1-37H. The maximum absolute atomic E-state index is 5.53. The quantitative estimate of drug-likeness (QED) is 0.151. The summed E-state index contributed by atoms with van der Waals surface area (Å²) in [5.41, 5.74) is 13.6. The molecule has 0 fully saturated rings. The monoisotopic (exact) mass is 803 g/mol. The van der Waals surface area contributed by atoms with Gasteiger partial charge in [0.25, 0.3) is 0 Å². The third-order valence-electron chi connectivity index (χ3n) is 12.0. The number of hydrogen-bond acceptors (Lipinski definition) is 4. The molecule has 0 radical (unpaired) electrons. The summed E-state index contributed by atoms with van der Waals surface area (Å²) in [7, 11) is 0. The summed E-state index contributed by atoms with van der Waals surface area (Å²) >= 11 is 0. The molecule has 5 nitrogen and oxygen atoms in total. The molecule has 0 saturated carbocycles. The molecular formula is C58H37N5. The number of benzene rings is 9. The Kier molecular flexibility index (Phi) is 8.75. The Morgan fingerprint density at radius 3 is 1.43 bits per heavy atom. The molecule has 0 saturated heterocycles. The molecular weight excluding hydrogens is 767 g/mol. The van der Waals surface area contributed by atoms with Gasteiger partial charge in [0.05, 0.1) is 22.2 Å². The van der Waals surface area contributed by atoms with Crippen LogP contribution in [0.3, 0.4) is 0 Å². The van der Waals surface area contributed by atoms with E-state index < -0.39 is 0 Å². The van der Waals surface area contributed by atoms with Crippen molar-refractivity contribution in [3.63, 3.8) is 0 Å². The van der Waals surface area contributed by atoms with Crippen molar-refractivity contribution in [2.45, 2.75) is 0 Å². The summed E-state index contributed by atoms with van der Waals surface area (Å²) in [6.45, 7) is 0. The van der Waals surface area contributed by atoms with Crippen LogP contribution >= 0.6 is 0 Å². The van der Waals surface area contributed by atoms with Crippen molar-refractivity contribution in [2.75, 3.05) is 0 Å². The maximum atomic E-state index is 5.53. The first-order valence-corrected chi connectivity index (χ1v) is 21.2. The number of rotatable bonds is 7. The second-order valence-corrected chi connectivity index (χ2v) is 15.8. The molecule has 0 aliphatic rings. The molecule has 3 aromatic heterocycles. The highest BCUT2D eigenvalue weighted by Crippen LogP contribution is 2.41. The Labute approximate surface area is 364 Å². The molecule has 63 heavy (non-hydrogen) atoms. The molecule has 0 bridgehead atoms. The van der Waals surface area contributed by atoms with Gasteiger partial charge >= 0.3 is 0 Å². The minimum absolute atomic E-state index is 0.622. The number of hydrogen-bond donors (Lipinski definition) is 0. The highest BCUT2D eigenvalue weighted by atomic mass is 15.0. The van der Waals surface area contributed by atoms with E-state index in [0.29, 0.717) is 17.5 Å². The Bertz CT molecular complexity index is 3640. The first-order valence-electron chi connectivity index (χ1n) is 21.2. The van der Waals surface area contributed by atoms with Gasteiger partial charge in [0, 0.05) is 49.5 Å². The SMILES string of the molecule is c1ccc(-c2cccc(-c3nc(-c4ccccc4)nc(-c4ccc(-c5ccc6c7ccc8c9ccccc9c(-c9ccccc9)nc8c7n(-c7ccccc7)c6c5)cc4)n3)c2)cc1. The average Bonchev–Trinajstić information content (AvgIpc) is 3.71. The molecule has 294 valence electrons. The van der Waals surface area contributed by atoms with Crippen molar-refractivity contribution in [2.24, 2.45) is 0 Å². The normalized spacial score (nSPS) is 11.5. The fourth-order valence-corrected chi connectivity index (χ4v) is 8.99. The lowest BCUT2D eigenvalue weighted by Crippen LogP contribution is -2.00. The summed E-state index contributed by atoms with van der Waals surface area (Å²) in [5, 5.41) is 5.81. The Morgan fingerprint density at radius 1 is 0.270 bits per heavy atom. The van der Waals surface area contributed by atoms with Gasteiger partial charge in [-0.2, -0.15) is 0 Å². The van der Waals surface area contributed by atoms with E-state index in [1.54, 1.807) is 0 Å². The van der Waals surface area contributed by atoms with Crippen LogP contribution in [-0.4, -0.2) is 24.5 Å². The van der Waals surface area contributed by atoms with Crippen molar-refractivity contribution in [1.29, 1.82) is 0 Å². The minimum atomic E-state index is 0.622. The maximum Gasteiger partial charge on any atom is 0.164 e. The Balaban J connectivity index is 0.998. The first kappa shape index (κ1) is 36.3. The van der Waals surface area contributed by atoms with E-state index in [1.807, 2.05) is 36.4 Å². The highest BCUT2D eigenvalue weighted by molar-refractivity contribution is 6.23. The molecule has 3 heterocycles. The Hall–Kier alpha value is -8.54. The largest absolute Gasteiger partial charge is 0.307 e. The number of fused-ring (bicyclic) bond motifs is 7. The summed E-state index contributed by atoms with van der Waals surface area (Å²) in [4.78, 5) is 20.7. The van der Waals surface area contributed by atoms with E-state index in [1.165, 1.54) is 16.2 Å². The van der Waals surface area contributed by atoms with Gasteiger partial charge in [-0.25, -0.2) is 19.9 Å². The van der Waals surface area contributed by atoms with Gasteiger partial charge in [-0.1, -0.05) is 200 Å². The van der Waals surface area contributed by atoms with Crippen LogP contribution in [0.25, 0.3) is 117 Å². The molecule has 12 aromatic rings. The molecule has 0 aliphatic heterocycles. The van der Waals surface area contributed by atoms with Gasteiger partial charge in [0.2, 0.25) is 0 Å². The van der Waals surface area contributed by atoms with Crippen molar-refractivity contribution in [3.05, 3.63) is 224 Å². The van der Waals surface area contributed by atoms with Gasteiger partial charge in [-0.3, -0.25) is 0 Å². The second-order valence-electron chi connectivity index (χ2n) is 15.8. The highest BCUT2D eigenvalue weighted by Gasteiger charge is 2.20. The number of nitrogens with zero attached hydrogens (tertiary/aromatic N) is 5. The smallest absolute Gasteiger partial charge is 0.164 e. The zero-order valence-electron chi connectivity index (χ0n) is 34.1. The molecule has 0 N–H and O–H groups in total. The van der Waals surface area contributed by atoms with Crippen LogP contribution in [0.4, 0.5) is 0 Å². The zero-order valence-corrected chi connectivity index (χ0v) is 34.1. The number of aromatic nitrogens is 5. The van der Waals surface area contributed by atoms with Crippen molar-refractivity contribution in [3.8, 4) is 73.4 Å². The van der Waals surface area contributed by atoms with Crippen LogP contribution < -0.4 is 0 Å². The van der Waals surface area contributed by atoms with E-state index >= 15 is 0 Å². The van der Waals surface area contributed by atoms with Gasteiger partial charge in [-0.15, -0.1) is 0 Å². The summed E-state index contributed by atoms with van der Waals surface area (Å²) in [5.74, 6) is 1.89. The fraction of sp³-hybridized carbons (Fsp3) is 0. The molecule has 0 spiro atoms. The van der Waals surface area contributed by atoms with Crippen molar-refractivity contribution in [1.82, 2.24) is 24.5 Å². The van der Waals surface area contributed by atoms with Crippen LogP contribution in [0.15, 0.2) is 224 Å². The molecule has 0 aliphatic carbocycles. The van der Waals surface area contributed by atoms with Crippen molar-refractivity contribution < 1.29 is 0 Å². The topological polar surface area (TPSA) is 56.5 Å². The predicted octanol–water partition coefficient (Wildman–Crippen LogP) is 14.7. The van der Waals surface area contributed by atoms with E-state index in [2.05, 4.69) is 193 Å². The summed E-state index contributed by atoms with van der Waals surface area (Å²) < 4.78 is 2.39. The molecule has 0 unspecified atom stereocenters. The van der Waals surface area contributed by atoms with E-state index in [0.717, 1.165) is 83.2 Å². The predicted molar refractivity (Wildman–Crippen MR) is 260 cm³/mol. The lowest BCUT2D eigenvalue weighted by Gasteiger charge is -2.13. The number of para-hydroxylation sites is 1. The summed E-state index contributed by atoms with van der Waals surface area (Å²) in [6.07, 6.45) is 0. The zero-order chi connectivity index (χ0) is 41.7. The molecule has 0 atom stereocenters. The van der Waals surface area contributed by atoms with E-state index in [4.69, 9.17) is 19.9 Å². The van der Waals surface area contributed by atoms with Crippen LogP contribution in [0.1, 0.15) is 0 Å². The van der Waals surface area contributed by atoms with E-state index in [-0.39, 0.29) is 0 Å². The van der Waals surface area contributed by atoms with E-state index in [9.17, 15) is 0 Å². The molecule has 5 heteroatoms. The third-order valence-corrected chi connectivity index (χ3v) is 12.0. The Morgan fingerprint density at radius 2 is 0.730 bits per heavy atom. The third kappa shape index (κ3) is 6.42. The van der Waals surface area contributed by atoms with Crippen LogP contribution in [0.5, 0.6) is 0 Å². The van der Waals surface area contributed by atoms with Gasteiger partial charge in [0.15, 0.2) is 17.5 Å². The van der Waals surface area contributed by atoms with Gasteiger partial charge < -0.3 is 4.57 Å². The number of pyridine rings is 1. The lowest BCUT2D eigenvalue weighted by atomic mass is 9.98. The summed E-state index contributed by atoms with van der Waals surface area (Å²) in [6, 6.07) is 78.6. The second kappa shape index (κ2) is 15.2. The molecule has 0 amide bonds. The van der Waals surface area contributed by atoms with Gasteiger partial charge in [-0.05, 0) is 51.9 Å². The lowest BCUT2D eigenvalue weighted by molar-refractivity contribution is 1.07. The van der Waals surface area contributed by atoms with Crippen LogP contribution in [-0.2, 0) is 0 Å². The first-order chi connectivity index (χ1) is 31.2. The minimum Gasteiger partial charge on any atom is -0.307 e. The molecule has 9 aromatic carbocycles. The van der Waals surface area contributed by atoms with Crippen LogP contribution in [0, 0.1) is 0 Å². The van der Waals surface area contributed by atoms with Gasteiger partial charge in [0.1, 0.15) is 0 Å². The van der Waals surface area contributed by atoms with Crippen molar-refractivity contribution >= 4 is 43.5 Å². The average molecular weight is 804 g/mol. The van der Waals surface area contributed by atoms with Crippen LogP contribution in [0.2, 0.25) is 0 Å².